The normalized spacial score (nSPS) is 18.3. The molecule has 0 spiro atoms. The fraction of sp³-hybridized carbons (Fsp3) is 0.571. The second-order valence-electron chi connectivity index (χ2n) is 4.93. The smallest absolute Gasteiger partial charge is 0.158 e. The van der Waals surface area contributed by atoms with E-state index in [1.54, 1.807) is 0 Å². The standard InChI is InChI=1S/C14H22N2OS/c1-4-5-6-10-7-17-13-11(15)8(2)9(3)12(16)14(13)18-10/h10H,4-7,15-16H2,1-3H3. The minimum atomic E-state index is 0.501. The maximum atomic E-state index is 6.21. The van der Waals surface area contributed by atoms with Gasteiger partial charge in [0.25, 0.3) is 0 Å². The Bertz CT molecular complexity index is 460. The molecule has 1 unspecified atom stereocenters. The van der Waals surface area contributed by atoms with E-state index in [2.05, 4.69) is 6.92 Å². The molecule has 0 radical (unpaired) electrons. The summed E-state index contributed by atoms with van der Waals surface area (Å²) in [7, 11) is 0. The summed E-state index contributed by atoms with van der Waals surface area (Å²) in [4.78, 5) is 1.04. The predicted octanol–water partition coefficient (Wildman–Crippen LogP) is 3.51. The molecule has 1 aliphatic rings. The zero-order valence-corrected chi connectivity index (χ0v) is 12.2. The van der Waals surface area contributed by atoms with Crippen molar-refractivity contribution in [2.75, 3.05) is 18.1 Å². The maximum absolute atomic E-state index is 6.21. The lowest BCUT2D eigenvalue weighted by Crippen LogP contribution is -2.21. The fourth-order valence-corrected chi connectivity index (χ4v) is 3.51. The second kappa shape index (κ2) is 5.31. The van der Waals surface area contributed by atoms with E-state index >= 15 is 0 Å². The van der Waals surface area contributed by atoms with Crippen LogP contribution in [-0.2, 0) is 0 Å². The maximum Gasteiger partial charge on any atom is 0.158 e. The molecule has 1 aromatic carbocycles. The van der Waals surface area contributed by atoms with Crippen LogP contribution in [0, 0.1) is 13.8 Å². The highest BCUT2D eigenvalue weighted by Gasteiger charge is 2.26. The molecule has 4 heteroatoms. The largest absolute Gasteiger partial charge is 0.489 e. The molecule has 1 heterocycles. The van der Waals surface area contributed by atoms with Crippen molar-refractivity contribution in [3.05, 3.63) is 11.1 Å². The molecule has 4 N–H and O–H groups in total. The molecule has 1 aliphatic heterocycles. The van der Waals surface area contributed by atoms with Gasteiger partial charge in [-0.1, -0.05) is 19.8 Å². The molecular weight excluding hydrogens is 244 g/mol. The van der Waals surface area contributed by atoms with Crippen LogP contribution in [0.5, 0.6) is 5.75 Å². The lowest BCUT2D eigenvalue weighted by Gasteiger charge is -2.28. The van der Waals surface area contributed by atoms with E-state index < -0.39 is 0 Å². The highest BCUT2D eigenvalue weighted by molar-refractivity contribution is 8.00. The molecule has 1 atom stereocenters. The van der Waals surface area contributed by atoms with Gasteiger partial charge in [-0.25, -0.2) is 0 Å². The Kier molecular flexibility index (Phi) is 3.95. The van der Waals surface area contributed by atoms with Gasteiger partial charge in [0.1, 0.15) is 6.61 Å². The van der Waals surface area contributed by atoms with Gasteiger partial charge >= 0.3 is 0 Å². The molecule has 0 aromatic heterocycles. The Morgan fingerprint density at radius 1 is 1.22 bits per heavy atom. The SMILES string of the molecule is CCCCC1COc2c(N)c(C)c(C)c(N)c2S1. The summed E-state index contributed by atoms with van der Waals surface area (Å²) < 4.78 is 5.85. The van der Waals surface area contributed by atoms with Crippen LogP contribution in [0.4, 0.5) is 11.4 Å². The summed E-state index contributed by atoms with van der Waals surface area (Å²) in [6.45, 7) is 6.97. The Morgan fingerprint density at radius 2 is 1.89 bits per heavy atom. The van der Waals surface area contributed by atoms with Gasteiger partial charge in [-0.3, -0.25) is 0 Å². The zero-order chi connectivity index (χ0) is 13.3. The van der Waals surface area contributed by atoms with E-state index in [1.807, 2.05) is 25.6 Å². The average molecular weight is 266 g/mol. The number of anilines is 2. The number of hydrogen-bond donors (Lipinski definition) is 2. The molecule has 2 rings (SSSR count). The lowest BCUT2D eigenvalue weighted by molar-refractivity contribution is 0.298. The van der Waals surface area contributed by atoms with E-state index in [1.165, 1.54) is 19.3 Å². The monoisotopic (exact) mass is 266 g/mol. The number of benzene rings is 1. The Hall–Kier alpha value is -1.03. The fourth-order valence-electron chi connectivity index (χ4n) is 2.20. The van der Waals surface area contributed by atoms with Gasteiger partial charge in [-0.05, 0) is 31.4 Å². The Morgan fingerprint density at radius 3 is 2.56 bits per heavy atom. The van der Waals surface area contributed by atoms with Crippen molar-refractivity contribution >= 4 is 23.1 Å². The van der Waals surface area contributed by atoms with Crippen LogP contribution in [0.15, 0.2) is 4.90 Å². The van der Waals surface area contributed by atoms with Crippen molar-refractivity contribution in [2.24, 2.45) is 0 Å². The molecule has 0 saturated carbocycles. The van der Waals surface area contributed by atoms with Crippen molar-refractivity contribution < 1.29 is 4.74 Å². The predicted molar refractivity (Wildman–Crippen MR) is 79.4 cm³/mol. The first kappa shape index (κ1) is 13.4. The van der Waals surface area contributed by atoms with Crippen molar-refractivity contribution in [3.8, 4) is 5.75 Å². The highest BCUT2D eigenvalue weighted by atomic mass is 32.2. The number of ether oxygens (including phenoxy) is 1. The summed E-state index contributed by atoms with van der Waals surface area (Å²) in [5, 5.41) is 0.501. The van der Waals surface area contributed by atoms with Gasteiger partial charge < -0.3 is 16.2 Å². The number of fused-ring (bicyclic) bond motifs is 1. The molecule has 0 fully saturated rings. The first-order chi connectivity index (χ1) is 8.56. The Balaban J connectivity index is 2.32. The number of thioether (sulfide) groups is 1. The molecule has 0 aliphatic carbocycles. The minimum Gasteiger partial charge on any atom is -0.489 e. The summed E-state index contributed by atoms with van der Waals surface area (Å²) in [6.07, 6.45) is 3.62. The molecule has 0 bridgehead atoms. The molecular formula is C14H22N2OS. The summed E-state index contributed by atoms with van der Waals surface area (Å²) in [5.41, 5.74) is 16.0. The first-order valence-electron chi connectivity index (χ1n) is 6.53. The quantitative estimate of drug-likeness (QED) is 0.822. The molecule has 100 valence electrons. The van der Waals surface area contributed by atoms with Gasteiger partial charge in [-0.2, -0.15) is 0 Å². The van der Waals surface area contributed by atoms with Crippen molar-refractivity contribution in [1.82, 2.24) is 0 Å². The minimum absolute atomic E-state index is 0.501. The van der Waals surface area contributed by atoms with Crippen LogP contribution in [0.3, 0.4) is 0 Å². The molecule has 18 heavy (non-hydrogen) atoms. The summed E-state index contributed by atoms with van der Waals surface area (Å²) in [6, 6.07) is 0. The third kappa shape index (κ3) is 2.26. The lowest BCUT2D eigenvalue weighted by atomic mass is 10.1. The number of rotatable bonds is 3. The van der Waals surface area contributed by atoms with Gasteiger partial charge in [-0.15, -0.1) is 11.8 Å². The Labute approximate surface area is 113 Å². The van der Waals surface area contributed by atoms with Crippen molar-refractivity contribution in [3.63, 3.8) is 0 Å². The second-order valence-corrected chi connectivity index (χ2v) is 6.24. The van der Waals surface area contributed by atoms with Crippen LogP contribution >= 0.6 is 11.8 Å². The van der Waals surface area contributed by atoms with E-state index in [-0.39, 0.29) is 0 Å². The van der Waals surface area contributed by atoms with Gasteiger partial charge in [0.2, 0.25) is 0 Å². The highest BCUT2D eigenvalue weighted by Crippen LogP contribution is 2.48. The third-order valence-electron chi connectivity index (χ3n) is 3.64. The average Bonchev–Trinajstić information content (AvgIpc) is 2.40. The summed E-state index contributed by atoms with van der Waals surface area (Å²) >= 11 is 1.83. The number of nitrogens with two attached hydrogens (primary N) is 2. The number of nitrogen functional groups attached to an aromatic ring is 2. The third-order valence-corrected chi connectivity index (χ3v) is 4.99. The first-order valence-corrected chi connectivity index (χ1v) is 7.41. The van der Waals surface area contributed by atoms with Crippen LogP contribution in [-0.4, -0.2) is 11.9 Å². The van der Waals surface area contributed by atoms with Gasteiger partial charge in [0.05, 0.1) is 16.3 Å². The summed E-state index contributed by atoms with van der Waals surface area (Å²) in [5.74, 6) is 0.799. The topological polar surface area (TPSA) is 61.3 Å². The van der Waals surface area contributed by atoms with Crippen LogP contribution in [0.25, 0.3) is 0 Å². The van der Waals surface area contributed by atoms with Crippen molar-refractivity contribution in [1.29, 1.82) is 0 Å². The molecule has 0 saturated heterocycles. The molecule has 3 nitrogen and oxygen atoms in total. The van der Waals surface area contributed by atoms with Crippen LogP contribution < -0.4 is 16.2 Å². The van der Waals surface area contributed by atoms with Crippen LogP contribution in [0.1, 0.15) is 37.3 Å². The molecule has 0 amide bonds. The van der Waals surface area contributed by atoms with Crippen molar-refractivity contribution in [2.45, 2.75) is 50.2 Å². The number of hydrogen-bond acceptors (Lipinski definition) is 4. The van der Waals surface area contributed by atoms with Gasteiger partial charge in [0, 0.05) is 5.25 Å². The molecule has 1 aromatic rings. The number of unbranched alkanes of at least 4 members (excludes halogenated alkanes) is 1. The zero-order valence-electron chi connectivity index (χ0n) is 11.4. The van der Waals surface area contributed by atoms with E-state index in [0.29, 0.717) is 5.25 Å². The van der Waals surface area contributed by atoms with E-state index in [0.717, 1.165) is 39.8 Å². The van der Waals surface area contributed by atoms with Crippen LogP contribution in [0.2, 0.25) is 0 Å². The van der Waals surface area contributed by atoms with Gasteiger partial charge in [0.15, 0.2) is 5.75 Å². The van der Waals surface area contributed by atoms with E-state index in [9.17, 15) is 0 Å². The van der Waals surface area contributed by atoms with E-state index in [4.69, 9.17) is 16.2 Å².